The van der Waals surface area contributed by atoms with Crippen molar-refractivity contribution in [3.63, 3.8) is 0 Å². The molecule has 0 N–H and O–H groups in total. The molecule has 2 aromatic carbocycles. The predicted molar refractivity (Wildman–Crippen MR) is 107 cm³/mol. The third kappa shape index (κ3) is 4.16. The first-order valence-corrected chi connectivity index (χ1v) is 9.44. The van der Waals surface area contributed by atoms with Gasteiger partial charge in [0.15, 0.2) is 0 Å². The van der Waals surface area contributed by atoms with Gasteiger partial charge in [-0.1, -0.05) is 41.9 Å². The fraction of sp³-hybridized carbons (Fsp3) is 0.250. The average molecular weight is 452 g/mol. The van der Waals surface area contributed by atoms with Crippen LogP contribution in [0.15, 0.2) is 56.8 Å². The highest BCUT2D eigenvalue weighted by Crippen LogP contribution is 2.29. The SMILES string of the molecule is CC[C@@H](C)c1nc2ccc(Br)cc2c(=O)n1N=Cc1cccc(C(F)(F)F)c1. The Morgan fingerprint density at radius 2 is 2.00 bits per heavy atom. The van der Waals surface area contributed by atoms with Crippen LogP contribution in [0.3, 0.4) is 0 Å². The highest BCUT2D eigenvalue weighted by molar-refractivity contribution is 9.10. The largest absolute Gasteiger partial charge is 0.416 e. The Morgan fingerprint density at radius 3 is 2.68 bits per heavy atom. The lowest BCUT2D eigenvalue weighted by atomic mass is 10.1. The Kier molecular flexibility index (Phi) is 5.69. The minimum atomic E-state index is -4.45. The summed E-state index contributed by atoms with van der Waals surface area (Å²) in [5.41, 5.74) is -0.350. The highest BCUT2D eigenvalue weighted by atomic mass is 79.9. The van der Waals surface area contributed by atoms with Crippen molar-refractivity contribution >= 4 is 33.0 Å². The highest BCUT2D eigenvalue weighted by Gasteiger charge is 2.30. The molecule has 0 aliphatic carbocycles. The Hall–Kier alpha value is -2.48. The average Bonchev–Trinajstić information content (AvgIpc) is 2.66. The molecule has 0 saturated heterocycles. The Labute approximate surface area is 167 Å². The van der Waals surface area contributed by atoms with Crippen LogP contribution in [0.4, 0.5) is 13.2 Å². The molecule has 3 rings (SSSR count). The maximum atomic E-state index is 13.0. The summed E-state index contributed by atoms with van der Waals surface area (Å²) >= 11 is 3.33. The van der Waals surface area contributed by atoms with Crippen LogP contribution in [0.1, 0.15) is 43.1 Å². The topological polar surface area (TPSA) is 47.2 Å². The predicted octanol–water partition coefficient (Wildman–Crippen LogP) is 5.57. The van der Waals surface area contributed by atoms with Crippen molar-refractivity contribution in [2.75, 3.05) is 0 Å². The van der Waals surface area contributed by atoms with Gasteiger partial charge in [-0.25, -0.2) is 4.98 Å². The van der Waals surface area contributed by atoms with Crippen molar-refractivity contribution in [2.45, 2.75) is 32.4 Å². The molecule has 146 valence electrons. The van der Waals surface area contributed by atoms with Gasteiger partial charge in [0.25, 0.3) is 5.56 Å². The van der Waals surface area contributed by atoms with Gasteiger partial charge in [0.1, 0.15) is 5.82 Å². The Morgan fingerprint density at radius 1 is 1.25 bits per heavy atom. The van der Waals surface area contributed by atoms with Gasteiger partial charge in [-0.2, -0.15) is 22.9 Å². The number of hydrogen-bond acceptors (Lipinski definition) is 3. The van der Waals surface area contributed by atoms with E-state index in [2.05, 4.69) is 26.0 Å². The summed E-state index contributed by atoms with van der Waals surface area (Å²) in [5.74, 6) is 0.407. The molecule has 0 amide bonds. The number of nitrogens with zero attached hydrogens (tertiary/aromatic N) is 3. The zero-order valence-electron chi connectivity index (χ0n) is 15.2. The number of hydrogen-bond donors (Lipinski definition) is 0. The van der Waals surface area contributed by atoms with E-state index in [4.69, 9.17) is 0 Å². The molecule has 0 radical (unpaired) electrons. The van der Waals surface area contributed by atoms with Crippen molar-refractivity contribution in [3.8, 4) is 0 Å². The lowest BCUT2D eigenvalue weighted by Crippen LogP contribution is -2.23. The van der Waals surface area contributed by atoms with Crippen molar-refractivity contribution in [2.24, 2.45) is 5.10 Å². The van der Waals surface area contributed by atoms with Crippen LogP contribution in [0, 0.1) is 0 Å². The van der Waals surface area contributed by atoms with Crippen molar-refractivity contribution in [1.29, 1.82) is 0 Å². The molecule has 4 nitrogen and oxygen atoms in total. The summed E-state index contributed by atoms with van der Waals surface area (Å²) in [5, 5.41) is 4.56. The maximum absolute atomic E-state index is 13.0. The Bertz CT molecular complexity index is 1110. The molecule has 1 heterocycles. The fourth-order valence-electron chi connectivity index (χ4n) is 2.70. The van der Waals surface area contributed by atoms with Crippen LogP contribution < -0.4 is 5.56 Å². The lowest BCUT2D eigenvalue weighted by Gasteiger charge is -2.14. The summed E-state index contributed by atoms with van der Waals surface area (Å²) in [6, 6.07) is 9.97. The summed E-state index contributed by atoms with van der Waals surface area (Å²) in [4.78, 5) is 17.5. The molecular weight excluding hydrogens is 435 g/mol. The summed E-state index contributed by atoms with van der Waals surface area (Å²) in [7, 11) is 0. The maximum Gasteiger partial charge on any atom is 0.416 e. The van der Waals surface area contributed by atoms with Crippen molar-refractivity contribution < 1.29 is 13.2 Å². The molecular formula is C20H17BrF3N3O. The van der Waals surface area contributed by atoms with Crippen LogP contribution in [0.2, 0.25) is 0 Å². The molecule has 28 heavy (non-hydrogen) atoms. The van der Waals surface area contributed by atoms with Crippen LogP contribution >= 0.6 is 15.9 Å². The second kappa shape index (κ2) is 7.87. The lowest BCUT2D eigenvalue weighted by molar-refractivity contribution is -0.137. The van der Waals surface area contributed by atoms with E-state index in [1.807, 2.05) is 13.8 Å². The molecule has 1 atom stereocenters. The van der Waals surface area contributed by atoms with Gasteiger partial charge in [-0.05, 0) is 42.3 Å². The van der Waals surface area contributed by atoms with Gasteiger partial charge in [0.05, 0.1) is 22.7 Å². The van der Waals surface area contributed by atoms with Crippen LogP contribution in [0.5, 0.6) is 0 Å². The molecule has 8 heteroatoms. The molecule has 3 aromatic rings. The van der Waals surface area contributed by atoms with Gasteiger partial charge < -0.3 is 0 Å². The van der Waals surface area contributed by atoms with E-state index in [1.165, 1.54) is 23.0 Å². The first-order chi connectivity index (χ1) is 13.2. The molecule has 0 saturated carbocycles. The minimum Gasteiger partial charge on any atom is -0.267 e. The molecule has 0 unspecified atom stereocenters. The Balaban J connectivity index is 2.15. The first kappa shape index (κ1) is 20.3. The third-order valence-corrected chi connectivity index (χ3v) is 4.92. The standard InChI is InChI=1S/C20H17BrF3N3O/c1-3-12(2)18-26-17-8-7-15(21)10-16(17)19(28)27(18)25-11-13-5-4-6-14(9-13)20(22,23)24/h4-12H,3H2,1-2H3/t12-/m1/s1. The second-order valence-corrected chi connectivity index (χ2v) is 7.34. The fourth-order valence-corrected chi connectivity index (χ4v) is 3.06. The van der Waals surface area contributed by atoms with Crippen LogP contribution in [-0.2, 0) is 6.18 Å². The first-order valence-electron chi connectivity index (χ1n) is 8.64. The smallest absolute Gasteiger partial charge is 0.267 e. The third-order valence-electron chi connectivity index (χ3n) is 4.42. The molecule has 0 spiro atoms. The molecule has 0 fully saturated rings. The van der Waals surface area contributed by atoms with Gasteiger partial charge in [0.2, 0.25) is 0 Å². The van der Waals surface area contributed by atoms with E-state index < -0.39 is 11.7 Å². The number of rotatable bonds is 4. The zero-order chi connectivity index (χ0) is 20.5. The molecule has 0 aliphatic rings. The second-order valence-electron chi connectivity index (χ2n) is 6.43. The van der Waals surface area contributed by atoms with Crippen molar-refractivity contribution in [3.05, 3.63) is 74.2 Å². The summed E-state index contributed by atoms with van der Waals surface area (Å²) in [6.45, 7) is 3.88. The van der Waals surface area contributed by atoms with Gasteiger partial charge >= 0.3 is 6.18 Å². The van der Waals surface area contributed by atoms with Crippen LogP contribution in [0.25, 0.3) is 10.9 Å². The number of aromatic nitrogens is 2. The van der Waals surface area contributed by atoms with E-state index in [0.717, 1.165) is 23.0 Å². The summed E-state index contributed by atoms with van der Waals surface area (Å²) in [6.07, 6.45) is -2.47. The van der Waals surface area contributed by atoms with Crippen molar-refractivity contribution in [1.82, 2.24) is 9.66 Å². The number of halogens is 4. The minimum absolute atomic E-state index is 0.0561. The van der Waals surface area contributed by atoms with E-state index in [0.29, 0.717) is 16.7 Å². The van der Waals surface area contributed by atoms with Crippen LogP contribution in [-0.4, -0.2) is 15.9 Å². The van der Waals surface area contributed by atoms with E-state index in [9.17, 15) is 18.0 Å². The molecule has 1 aromatic heterocycles. The van der Waals surface area contributed by atoms with E-state index >= 15 is 0 Å². The number of fused-ring (bicyclic) bond motifs is 1. The van der Waals surface area contributed by atoms with Gasteiger partial charge in [-0.3, -0.25) is 4.79 Å². The zero-order valence-corrected chi connectivity index (χ0v) is 16.8. The van der Waals surface area contributed by atoms with E-state index in [1.54, 1.807) is 18.2 Å². The van der Waals surface area contributed by atoms with E-state index in [-0.39, 0.29) is 17.0 Å². The molecule has 0 aliphatic heterocycles. The quantitative estimate of drug-likeness (QED) is 0.486. The normalized spacial score (nSPS) is 13.4. The van der Waals surface area contributed by atoms with Gasteiger partial charge in [0, 0.05) is 10.4 Å². The molecule has 0 bridgehead atoms. The number of alkyl halides is 3. The van der Waals surface area contributed by atoms with Gasteiger partial charge in [-0.15, -0.1) is 0 Å². The number of benzene rings is 2. The monoisotopic (exact) mass is 451 g/mol. The summed E-state index contributed by atoms with van der Waals surface area (Å²) < 4.78 is 40.6.